The molecule has 1 aliphatic carbocycles. The number of hydrogen-bond donors (Lipinski definition) is 0. The second kappa shape index (κ2) is 10.1. The van der Waals surface area contributed by atoms with Gasteiger partial charge in [0.15, 0.2) is 11.6 Å². The fraction of sp³-hybridized carbons (Fsp3) is 0.524. The average molecular weight is 314 g/mol. The predicted molar refractivity (Wildman–Crippen MR) is 97.4 cm³/mol. The van der Waals surface area contributed by atoms with Crippen molar-refractivity contribution in [1.82, 2.24) is 0 Å². The van der Waals surface area contributed by atoms with E-state index in [1.807, 2.05) is 0 Å². The van der Waals surface area contributed by atoms with Gasteiger partial charge in [-0.05, 0) is 65.0 Å². The molecule has 0 aromatic rings. The van der Waals surface area contributed by atoms with E-state index < -0.39 is 0 Å². The Morgan fingerprint density at radius 1 is 0.957 bits per heavy atom. The fourth-order valence-electron chi connectivity index (χ4n) is 2.54. The zero-order chi connectivity index (χ0) is 17.2. The highest BCUT2D eigenvalue weighted by Gasteiger charge is 2.18. The van der Waals surface area contributed by atoms with Crippen LogP contribution < -0.4 is 0 Å². The van der Waals surface area contributed by atoms with Crippen molar-refractivity contribution >= 4 is 11.6 Å². The minimum absolute atomic E-state index is 0.00412. The molecule has 0 saturated heterocycles. The molecule has 0 saturated carbocycles. The Kier molecular flexibility index (Phi) is 8.53. The third-order valence-electron chi connectivity index (χ3n) is 4.05. The van der Waals surface area contributed by atoms with Gasteiger partial charge in [0.2, 0.25) is 0 Å². The minimum atomic E-state index is 0.00412. The van der Waals surface area contributed by atoms with Crippen LogP contribution in [0.25, 0.3) is 0 Å². The second-order valence-corrected chi connectivity index (χ2v) is 6.60. The molecule has 0 aliphatic heterocycles. The van der Waals surface area contributed by atoms with E-state index >= 15 is 0 Å². The smallest absolute Gasteiger partial charge is 0.182 e. The van der Waals surface area contributed by atoms with Crippen molar-refractivity contribution in [3.8, 4) is 0 Å². The maximum Gasteiger partial charge on any atom is 0.182 e. The van der Waals surface area contributed by atoms with E-state index in [1.54, 1.807) is 12.2 Å². The van der Waals surface area contributed by atoms with Crippen molar-refractivity contribution < 1.29 is 9.59 Å². The number of unbranched alkanes of at least 4 members (excludes halogenated alkanes) is 2. The van der Waals surface area contributed by atoms with Gasteiger partial charge in [0.1, 0.15) is 0 Å². The maximum absolute atomic E-state index is 12.2. The molecular formula is C21H30O2. The monoisotopic (exact) mass is 314 g/mol. The topological polar surface area (TPSA) is 34.1 Å². The van der Waals surface area contributed by atoms with Gasteiger partial charge in [-0.2, -0.15) is 0 Å². The van der Waals surface area contributed by atoms with E-state index in [1.165, 1.54) is 11.1 Å². The first kappa shape index (κ1) is 19.3. The number of hydrogen-bond acceptors (Lipinski definition) is 2. The van der Waals surface area contributed by atoms with Gasteiger partial charge in [0, 0.05) is 11.1 Å². The van der Waals surface area contributed by atoms with Crippen LogP contribution in [0.15, 0.2) is 46.6 Å². The molecule has 1 aliphatic rings. The fourth-order valence-corrected chi connectivity index (χ4v) is 2.54. The van der Waals surface area contributed by atoms with Crippen LogP contribution >= 0.6 is 0 Å². The summed E-state index contributed by atoms with van der Waals surface area (Å²) in [4.78, 5) is 24.3. The predicted octanol–water partition coefficient (Wildman–Crippen LogP) is 5.65. The summed E-state index contributed by atoms with van der Waals surface area (Å²) >= 11 is 0. The van der Waals surface area contributed by atoms with Crippen molar-refractivity contribution in [2.24, 2.45) is 0 Å². The lowest BCUT2D eigenvalue weighted by Crippen LogP contribution is -2.13. The number of carbonyl (C=O) groups is 2. The van der Waals surface area contributed by atoms with E-state index in [9.17, 15) is 9.59 Å². The lowest BCUT2D eigenvalue weighted by molar-refractivity contribution is -0.115. The Hall–Kier alpha value is -1.70. The summed E-state index contributed by atoms with van der Waals surface area (Å²) in [6.07, 6.45) is 13.9. The number of ketones is 2. The Morgan fingerprint density at radius 2 is 1.61 bits per heavy atom. The molecule has 2 nitrogen and oxygen atoms in total. The first-order chi connectivity index (χ1) is 10.9. The SMILES string of the molecule is CCCCCC1=CC(=O)C(C/C=C(\C)CCC=C(C)C)=CC1=O. The van der Waals surface area contributed by atoms with Crippen molar-refractivity contribution in [2.45, 2.75) is 72.6 Å². The summed E-state index contributed by atoms with van der Waals surface area (Å²) < 4.78 is 0. The lowest BCUT2D eigenvalue weighted by atomic mass is 9.91. The molecule has 0 spiro atoms. The van der Waals surface area contributed by atoms with E-state index in [-0.39, 0.29) is 11.6 Å². The Balaban J connectivity index is 2.56. The van der Waals surface area contributed by atoms with Gasteiger partial charge in [-0.1, -0.05) is 43.1 Å². The van der Waals surface area contributed by atoms with Crippen LogP contribution in [0.1, 0.15) is 72.6 Å². The quantitative estimate of drug-likeness (QED) is 0.313. The Labute approximate surface area is 141 Å². The summed E-state index contributed by atoms with van der Waals surface area (Å²) in [5.41, 5.74) is 3.89. The van der Waals surface area contributed by atoms with E-state index in [0.29, 0.717) is 17.6 Å². The molecule has 0 bridgehead atoms. The van der Waals surface area contributed by atoms with Crippen LogP contribution in [-0.4, -0.2) is 11.6 Å². The molecule has 0 unspecified atom stereocenters. The molecule has 0 radical (unpaired) electrons. The van der Waals surface area contributed by atoms with Gasteiger partial charge in [-0.25, -0.2) is 0 Å². The first-order valence-corrected chi connectivity index (χ1v) is 8.72. The van der Waals surface area contributed by atoms with Crippen LogP contribution in [-0.2, 0) is 9.59 Å². The second-order valence-electron chi connectivity index (χ2n) is 6.60. The molecule has 0 atom stereocenters. The van der Waals surface area contributed by atoms with Crippen LogP contribution in [0.4, 0.5) is 0 Å². The largest absolute Gasteiger partial charge is 0.290 e. The standard InChI is InChI=1S/C21H30O2/c1-5-6-7-11-18-14-21(23)19(15-20(18)22)13-12-17(4)10-8-9-16(2)3/h9,12,14-15H,5-8,10-11,13H2,1-4H3/b17-12+. The summed E-state index contributed by atoms with van der Waals surface area (Å²) in [5.74, 6) is 0.0238. The van der Waals surface area contributed by atoms with Crippen molar-refractivity contribution in [3.63, 3.8) is 0 Å². The normalized spacial score (nSPS) is 15.4. The molecule has 0 heterocycles. The first-order valence-electron chi connectivity index (χ1n) is 8.72. The van der Waals surface area contributed by atoms with Crippen molar-refractivity contribution in [3.05, 3.63) is 46.6 Å². The van der Waals surface area contributed by atoms with Gasteiger partial charge >= 0.3 is 0 Å². The zero-order valence-corrected chi connectivity index (χ0v) is 15.1. The van der Waals surface area contributed by atoms with Gasteiger partial charge in [0.05, 0.1) is 0 Å². The lowest BCUT2D eigenvalue weighted by Gasteiger charge is -2.11. The third kappa shape index (κ3) is 7.40. The summed E-state index contributed by atoms with van der Waals surface area (Å²) in [6.45, 7) is 8.41. The number of carbonyl (C=O) groups excluding carboxylic acids is 2. The van der Waals surface area contributed by atoms with Crippen LogP contribution in [0, 0.1) is 0 Å². The molecule has 23 heavy (non-hydrogen) atoms. The molecule has 0 aromatic carbocycles. The van der Waals surface area contributed by atoms with Gasteiger partial charge < -0.3 is 0 Å². The molecule has 0 fully saturated rings. The third-order valence-corrected chi connectivity index (χ3v) is 4.05. The summed E-state index contributed by atoms with van der Waals surface area (Å²) in [7, 11) is 0. The minimum Gasteiger partial charge on any atom is -0.290 e. The van der Waals surface area contributed by atoms with Crippen molar-refractivity contribution in [1.29, 1.82) is 0 Å². The Morgan fingerprint density at radius 3 is 2.26 bits per heavy atom. The van der Waals surface area contributed by atoms with Gasteiger partial charge in [0.25, 0.3) is 0 Å². The zero-order valence-electron chi connectivity index (χ0n) is 15.1. The number of allylic oxidation sites excluding steroid dienone is 8. The molecule has 0 amide bonds. The molecule has 126 valence electrons. The molecule has 2 heteroatoms. The highest BCUT2D eigenvalue weighted by Crippen LogP contribution is 2.20. The van der Waals surface area contributed by atoms with Crippen LogP contribution in [0.3, 0.4) is 0 Å². The molecular weight excluding hydrogens is 284 g/mol. The maximum atomic E-state index is 12.2. The van der Waals surface area contributed by atoms with Crippen LogP contribution in [0.5, 0.6) is 0 Å². The summed E-state index contributed by atoms with van der Waals surface area (Å²) in [5, 5.41) is 0. The van der Waals surface area contributed by atoms with E-state index in [2.05, 4.69) is 39.8 Å². The Bertz CT molecular complexity index is 552. The van der Waals surface area contributed by atoms with Gasteiger partial charge in [-0.3, -0.25) is 9.59 Å². The molecule has 0 aromatic heterocycles. The molecule has 1 rings (SSSR count). The van der Waals surface area contributed by atoms with Gasteiger partial charge in [-0.15, -0.1) is 0 Å². The van der Waals surface area contributed by atoms with Crippen molar-refractivity contribution in [2.75, 3.05) is 0 Å². The van der Waals surface area contributed by atoms with E-state index in [0.717, 1.165) is 38.5 Å². The summed E-state index contributed by atoms with van der Waals surface area (Å²) in [6, 6.07) is 0. The average Bonchev–Trinajstić information content (AvgIpc) is 2.48. The number of rotatable bonds is 9. The highest BCUT2D eigenvalue weighted by atomic mass is 16.1. The highest BCUT2D eigenvalue weighted by molar-refractivity contribution is 6.20. The van der Waals surface area contributed by atoms with Crippen LogP contribution in [0.2, 0.25) is 0 Å². The van der Waals surface area contributed by atoms with E-state index in [4.69, 9.17) is 0 Å². The molecule has 0 N–H and O–H groups in total.